The minimum atomic E-state index is 1.06. The van der Waals surface area contributed by atoms with Gasteiger partial charge in [-0.05, 0) is 31.8 Å². The summed E-state index contributed by atoms with van der Waals surface area (Å²) in [6, 6.07) is 0. The minimum Gasteiger partial charge on any atom is -0.516 e. The molecule has 0 fully saturated rings. The van der Waals surface area contributed by atoms with E-state index in [-0.39, 0.29) is 0 Å². The van der Waals surface area contributed by atoms with Gasteiger partial charge in [0, 0.05) is 0 Å². The molecule has 0 rings (SSSR count). The van der Waals surface area contributed by atoms with E-state index in [1.54, 1.807) is 6.08 Å². The van der Waals surface area contributed by atoms with Crippen molar-refractivity contribution < 1.29 is 5.11 Å². The van der Waals surface area contributed by atoms with Crippen molar-refractivity contribution in [2.45, 2.75) is 38.5 Å². The summed E-state index contributed by atoms with van der Waals surface area (Å²) in [5, 5.41) is 8.36. The van der Waals surface area contributed by atoms with Crippen LogP contribution in [0.15, 0.2) is 49.3 Å². The van der Waals surface area contributed by atoms with E-state index in [1.807, 2.05) is 18.2 Å². The van der Waals surface area contributed by atoms with E-state index in [4.69, 9.17) is 5.11 Å². The van der Waals surface area contributed by atoms with Crippen LogP contribution in [0, 0.1) is 0 Å². The topological polar surface area (TPSA) is 20.2 Å². The molecule has 0 radical (unpaired) electrons. The summed E-state index contributed by atoms with van der Waals surface area (Å²) < 4.78 is 0. The summed E-state index contributed by atoms with van der Waals surface area (Å²) >= 11 is 0. The van der Waals surface area contributed by atoms with Crippen LogP contribution in [0.25, 0.3) is 0 Å². The molecular weight excluding hydrogens is 184 g/mol. The Kier molecular flexibility index (Phi) is 11.7. The molecule has 1 N–H and O–H groups in total. The molecule has 0 aromatic carbocycles. The lowest BCUT2D eigenvalue weighted by atomic mass is 10.1. The summed E-state index contributed by atoms with van der Waals surface area (Å²) in [5.41, 5.74) is 0. The van der Waals surface area contributed by atoms with Crippen LogP contribution < -0.4 is 0 Å². The largest absolute Gasteiger partial charge is 0.516 e. The summed E-state index contributed by atoms with van der Waals surface area (Å²) in [5.74, 6) is 0. The highest BCUT2D eigenvalue weighted by Gasteiger charge is 1.86. The quantitative estimate of drug-likeness (QED) is 0.329. The third-order valence-electron chi connectivity index (χ3n) is 2.10. The van der Waals surface area contributed by atoms with E-state index < -0.39 is 0 Å². The van der Waals surface area contributed by atoms with Gasteiger partial charge in [0.25, 0.3) is 0 Å². The van der Waals surface area contributed by atoms with Gasteiger partial charge in [0.05, 0.1) is 6.26 Å². The van der Waals surface area contributed by atoms with Crippen LogP contribution >= 0.6 is 0 Å². The lowest BCUT2D eigenvalue weighted by Crippen LogP contribution is -1.76. The first-order valence-corrected chi connectivity index (χ1v) is 5.65. The Morgan fingerprint density at radius 3 is 1.93 bits per heavy atom. The monoisotopic (exact) mass is 206 g/mol. The second-order valence-electron chi connectivity index (χ2n) is 3.43. The van der Waals surface area contributed by atoms with Gasteiger partial charge in [0.15, 0.2) is 0 Å². The van der Waals surface area contributed by atoms with Gasteiger partial charge in [0.1, 0.15) is 0 Å². The molecule has 0 unspecified atom stereocenters. The van der Waals surface area contributed by atoms with Crippen molar-refractivity contribution in [1.82, 2.24) is 0 Å². The molecule has 84 valence electrons. The Morgan fingerprint density at radius 2 is 1.40 bits per heavy atom. The predicted octanol–water partition coefficient (Wildman–Crippen LogP) is 4.70. The maximum absolute atomic E-state index is 8.36. The molecular formula is C14H22O. The van der Waals surface area contributed by atoms with Gasteiger partial charge in [-0.15, -0.1) is 0 Å². The first-order valence-electron chi connectivity index (χ1n) is 5.65. The molecule has 15 heavy (non-hydrogen) atoms. The molecule has 0 spiro atoms. The second kappa shape index (κ2) is 12.8. The predicted molar refractivity (Wildman–Crippen MR) is 67.9 cm³/mol. The van der Waals surface area contributed by atoms with E-state index in [2.05, 4.69) is 18.7 Å². The van der Waals surface area contributed by atoms with Gasteiger partial charge in [-0.25, -0.2) is 0 Å². The highest BCUT2D eigenvalue weighted by atomic mass is 16.2. The summed E-state index contributed by atoms with van der Waals surface area (Å²) in [7, 11) is 0. The van der Waals surface area contributed by atoms with Crippen LogP contribution in [0.4, 0.5) is 0 Å². The number of aliphatic hydroxyl groups excluding tert-OH is 1. The van der Waals surface area contributed by atoms with Gasteiger partial charge in [-0.3, -0.25) is 0 Å². The van der Waals surface area contributed by atoms with Crippen LogP contribution in [0.3, 0.4) is 0 Å². The van der Waals surface area contributed by atoms with Crippen LogP contribution in [0.5, 0.6) is 0 Å². The summed E-state index contributed by atoms with van der Waals surface area (Å²) in [6.07, 6.45) is 20.0. The number of hydrogen-bond donors (Lipinski definition) is 1. The minimum absolute atomic E-state index is 1.06. The maximum atomic E-state index is 8.36. The van der Waals surface area contributed by atoms with E-state index in [1.165, 1.54) is 25.7 Å². The van der Waals surface area contributed by atoms with Crippen molar-refractivity contribution >= 4 is 0 Å². The smallest absolute Gasteiger partial charge is 0.0791 e. The molecule has 0 aliphatic carbocycles. The Balaban J connectivity index is 3.11. The normalized spacial score (nSPS) is 12.0. The lowest BCUT2D eigenvalue weighted by molar-refractivity contribution is 0.473. The molecule has 1 nitrogen and oxygen atoms in total. The van der Waals surface area contributed by atoms with Gasteiger partial charge < -0.3 is 5.11 Å². The zero-order valence-corrected chi connectivity index (χ0v) is 9.44. The van der Waals surface area contributed by atoms with E-state index >= 15 is 0 Å². The third kappa shape index (κ3) is 12.8. The number of unbranched alkanes of at least 4 members (excludes halogenated alkanes) is 5. The molecule has 0 bridgehead atoms. The van der Waals surface area contributed by atoms with Crippen LogP contribution in [-0.2, 0) is 0 Å². The molecule has 0 saturated carbocycles. The number of aliphatic hydroxyl groups is 1. The average molecular weight is 206 g/mol. The molecule has 0 aromatic heterocycles. The Hall–Kier alpha value is -1.24. The SMILES string of the molecule is C=CC=CCCCCCCC=C/C=C/O. The van der Waals surface area contributed by atoms with Crippen LogP contribution in [-0.4, -0.2) is 5.11 Å². The third-order valence-corrected chi connectivity index (χ3v) is 2.10. The first kappa shape index (κ1) is 13.8. The molecule has 0 aliphatic rings. The first-order chi connectivity index (χ1) is 7.41. The zero-order valence-electron chi connectivity index (χ0n) is 9.44. The molecule has 0 aromatic rings. The maximum Gasteiger partial charge on any atom is 0.0791 e. The highest BCUT2D eigenvalue weighted by molar-refractivity contribution is 4.99. The fourth-order valence-electron chi connectivity index (χ4n) is 1.29. The van der Waals surface area contributed by atoms with Gasteiger partial charge in [-0.2, -0.15) is 0 Å². The van der Waals surface area contributed by atoms with Gasteiger partial charge in [-0.1, -0.05) is 49.8 Å². The van der Waals surface area contributed by atoms with E-state index in [0.29, 0.717) is 0 Å². The van der Waals surface area contributed by atoms with Crippen LogP contribution in [0.1, 0.15) is 38.5 Å². The van der Waals surface area contributed by atoms with Gasteiger partial charge in [0.2, 0.25) is 0 Å². The average Bonchev–Trinajstić information content (AvgIpc) is 2.26. The molecule has 0 heterocycles. The standard InChI is InChI=1S/C14H22O/c1-2-3-4-5-6-7-8-9-10-11-12-13-14-15/h2-4,11-15H,1,5-10H2/b4-3?,12-11?,14-13+. The van der Waals surface area contributed by atoms with Crippen molar-refractivity contribution in [3.63, 3.8) is 0 Å². The van der Waals surface area contributed by atoms with E-state index in [0.717, 1.165) is 19.1 Å². The Bertz CT molecular complexity index is 211. The molecule has 0 atom stereocenters. The number of hydrogen-bond acceptors (Lipinski definition) is 1. The lowest BCUT2D eigenvalue weighted by Gasteiger charge is -1.96. The number of rotatable bonds is 9. The fraction of sp³-hybridized carbons (Fsp3) is 0.429. The fourth-order valence-corrected chi connectivity index (χ4v) is 1.29. The van der Waals surface area contributed by atoms with Crippen molar-refractivity contribution in [2.75, 3.05) is 0 Å². The molecule has 0 saturated heterocycles. The van der Waals surface area contributed by atoms with Crippen molar-refractivity contribution in [3.05, 3.63) is 49.3 Å². The molecule has 0 aliphatic heterocycles. The molecule has 0 amide bonds. The second-order valence-corrected chi connectivity index (χ2v) is 3.43. The Labute approximate surface area is 93.5 Å². The summed E-state index contributed by atoms with van der Waals surface area (Å²) in [6.45, 7) is 3.63. The van der Waals surface area contributed by atoms with Gasteiger partial charge >= 0.3 is 0 Å². The highest BCUT2D eigenvalue weighted by Crippen LogP contribution is 2.06. The summed E-state index contributed by atoms with van der Waals surface area (Å²) in [4.78, 5) is 0. The van der Waals surface area contributed by atoms with Crippen molar-refractivity contribution in [3.8, 4) is 0 Å². The Morgan fingerprint density at radius 1 is 0.800 bits per heavy atom. The van der Waals surface area contributed by atoms with Crippen LogP contribution in [0.2, 0.25) is 0 Å². The van der Waals surface area contributed by atoms with Crippen molar-refractivity contribution in [1.29, 1.82) is 0 Å². The molecule has 1 heteroatoms. The van der Waals surface area contributed by atoms with Crippen molar-refractivity contribution in [2.24, 2.45) is 0 Å². The number of allylic oxidation sites excluding steroid dienone is 6. The zero-order chi connectivity index (χ0) is 11.2. The van der Waals surface area contributed by atoms with E-state index in [9.17, 15) is 0 Å².